The zero-order valence-corrected chi connectivity index (χ0v) is 14.2. The van der Waals surface area contributed by atoms with E-state index in [2.05, 4.69) is 19.2 Å². The lowest BCUT2D eigenvalue weighted by atomic mass is 10.1. The van der Waals surface area contributed by atoms with E-state index < -0.39 is 0 Å². The third-order valence-electron chi connectivity index (χ3n) is 3.79. The molecule has 0 aliphatic carbocycles. The zero-order valence-electron chi connectivity index (χ0n) is 13.4. The highest BCUT2D eigenvalue weighted by Gasteiger charge is 2.18. The quantitative estimate of drug-likeness (QED) is 0.796. The highest BCUT2D eigenvalue weighted by Crippen LogP contribution is 2.26. The molecule has 0 aliphatic heterocycles. The SMILES string of the molecule is Cc1ccc2nsnc2c1NC(=O)N(C)Cc1c(C)noc1C. The molecule has 0 atom stereocenters. The van der Waals surface area contributed by atoms with Crippen LogP contribution in [-0.2, 0) is 6.54 Å². The summed E-state index contributed by atoms with van der Waals surface area (Å²) in [4.78, 5) is 14.1. The van der Waals surface area contributed by atoms with Crippen molar-refractivity contribution in [1.29, 1.82) is 0 Å². The number of nitrogens with zero attached hydrogens (tertiary/aromatic N) is 4. The molecule has 0 spiro atoms. The molecule has 1 N–H and O–H groups in total. The van der Waals surface area contributed by atoms with E-state index in [-0.39, 0.29) is 6.03 Å². The smallest absolute Gasteiger partial charge is 0.321 e. The molecule has 2 heterocycles. The van der Waals surface area contributed by atoms with Crippen molar-refractivity contribution in [3.05, 3.63) is 34.7 Å². The average molecular weight is 331 g/mol. The number of rotatable bonds is 3. The van der Waals surface area contributed by atoms with Crippen LogP contribution in [0.3, 0.4) is 0 Å². The summed E-state index contributed by atoms with van der Waals surface area (Å²) in [5, 5.41) is 6.84. The Morgan fingerprint density at radius 1 is 1.30 bits per heavy atom. The molecular weight excluding hydrogens is 314 g/mol. The lowest BCUT2D eigenvalue weighted by Crippen LogP contribution is -2.31. The van der Waals surface area contributed by atoms with Gasteiger partial charge in [0.25, 0.3) is 0 Å². The summed E-state index contributed by atoms with van der Waals surface area (Å²) in [5.74, 6) is 0.726. The van der Waals surface area contributed by atoms with E-state index in [0.29, 0.717) is 17.7 Å². The van der Waals surface area contributed by atoms with Crippen molar-refractivity contribution < 1.29 is 9.32 Å². The Morgan fingerprint density at radius 3 is 2.78 bits per heavy atom. The van der Waals surface area contributed by atoms with Gasteiger partial charge in [0.1, 0.15) is 16.8 Å². The molecule has 0 radical (unpaired) electrons. The van der Waals surface area contributed by atoms with Crippen molar-refractivity contribution >= 4 is 34.5 Å². The first kappa shape index (κ1) is 15.4. The van der Waals surface area contributed by atoms with Crippen LogP contribution in [0.4, 0.5) is 10.5 Å². The van der Waals surface area contributed by atoms with Crippen molar-refractivity contribution in [3.63, 3.8) is 0 Å². The van der Waals surface area contributed by atoms with Gasteiger partial charge in [-0.25, -0.2) is 4.79 Å². The molecule has 7 nitrogen and oxygen atoms in total. The fraction of sp³-hybridized carbons (Fsp3) is 0.333. The number of anilines is 1. The third-order valence-corrected chi connectivity index (χ3v) is 4.33. The number of hydrogen-bond donors (Lipinski definition) is 1. The number of carbonyl (C=O) groups excluding carboxylic acids is 1. The van der Waals surface area contributed by atoms with Gasteiger partial charge in [-0.3, -0.25) is 0 Å². The zero-order chi connectivity index (χ0) is 16.6. The summed E-state index contributed by atoms with van der Waals surface area (Å²) in [6.07, 6.45) is 0. The molecule has 2 aromatic heterocycles. The standard InChI is InChI=1S/C15H17N5O2S/c1-8-5-6-12-14(19-23-18-12)13(8)16-15(21)20(4)7-11-9(2)17-22-10(11)3/h5-6H,7H2,1-4H3,(H,16,21). The highest BCUT2D eigenvalue weighted by atomic mass is 32.1. The van der Waals surface area contributed by atoms with Gasteiger partial charge in [0.2, 0.25) is 0 Å². The normalized spacial score (nSPS) is 11.0. The van der Waals surface area contributed by atoms with Crippen LogP contribution in [0, 0.1) is 20.8 Å². The minimum absolute atomic E-state index is 0.214. The third kappa shape index (κ3) is 2.89. The van der Waals surface area contributed by atoms with Crippen LogP contribution in [-0.4, -0.2) is 31.9 Å². The molecule has 8 heteroatoms. The van der Waals surface area contributed by atoms with Crippen molar-refractivity contribution in [2.24, 2.45) is 0 Å². The lowest BCUT2D eigenvalue weighted by molar-refractivity contribution is 0.220. The predicted octanol–water partition coefficient (Wildman–Crippen LogP) is 3.27. The first-order valence-corrected chi connectivity index (χ1v) is 7.86. The fourth-order valence-corrected chi connectivity index (χ4v) is 2.89. The van der Waals surface area contributed by atoms with Gasteiger partial charge in [0.15, 0.2) is 0 Å². The van der Waals surface area contributed by atoms with Crippen molar-refractivity contribution in [3.8, 4) is 0 Å². The number of aryl methyl sites for hydroxylation is 3. The van der Waals surface area contributed by atoms with Crippen molar-refractivity contribution in [1.82, 2.24) is 18.8 Å². The van der Waals surface area contributed by atoms with E-state index in [1.165, 1.54) is 0 Å². The van der Waals surface area contributed by atoms with Gasteiger partial charge >= 0.3 is 6.03 Å². The van der Waals surface area contributed by atoms with Gasteiger partial charge in [0.05, 0.1) is 29.7 Å². The average Bonchev–Trinajstić information content (AvgIpc) is 3.11. The van der Waals surface area contributed by atoms with E-state index in [0.717, 1.165) is 39.8 Å². The van der Waals surface area contributed by atoms with Gasteiger partial charge in [-0.2, -0.15) is 8.75 Å². The number of benzene rings is 1. The van der Waals surface area contributed by atoms with E-state index >= 15 is 0 Å². The van der Waals surface area contributed by atoms with Gasteiger partial charge in [0, 0.05) is 12.6 Å². The Hall–Kier alpha value is -2.48. The second kappa shape index (κ2) is 5.96. The second-order valence-corrected chi connectivity index (χ2v) is 6.01. The first-order chi connectivity index (χ1) is 11.0. The Morgan fingerprint density at radius 2 is 2.09 bits per heavy atom. The topological polar surface area (TPSA) is 84.2 Å². The van der Waals surface area contributed by atoms with E-state index in [9.17, 15) is 4.79 Å². The molecule has 120 valence electrons. The van der Waals surface area contributed by atoms with Crippen LogP contribution >= 0.6 is 11.7 Å². The molecule has 3 rings (SSSR count). The maximum Gasteiger partial charge on any atom is 0.321 e. The highest BCUT2D eigenvalue weighted by molar-refractivity contribution is 7.00. The predicted molar refractivity (Wildman–Crippen MR) is 88.6 cm³/mol. The van der Waals surface area contributed by atoms with Gasteiger partial charge < -0.3 is 14.7 Å². The number of amides is 2. The number of aromatic nitrogens is 3. The molecule has 0 aliphatic rings. The van der Waals surface area contributed by atoms with E-state index in [1.54, 1.807) is 11.9 Å². The number of carbonyl (C=O) groups is 1. The number of urea groups is 1. The Balaban J connectivity index is 1.80. The van der Waals surface area contributed by atoms with Gasteiger partial charge in [-0.05, 0) is 32.4 Å². The van der Waals surface area contributed by atoms with Crippen LogP contribution in [0.15, 0.2) is 16.7 Å². The number of fused-ring (bicyclic) bond motifs is 1. The molecule has 3 aromatic rings. The van der Waals surface area contributed by atoms with Crippen molar-refractivity contribution in [2.45, 2.75) is 27.3 Å². The summed E-state index contributed by atoms with van der Waals surface area (Å²) in [5.41, 5.74) is 4.87. The monoisotopic (exact) mass is 331 g/mol. The molecule has 0 fully saturated rings. The maximum absolute atomic E-state index is 12.5. The van der Waals surface area contributed by atoms with Crippen LogP contribution in [0.1, 0.15) is 22.6 Å². The molecule has 2 amide bonds. The van der Waals surface area contributed by atoms with Crippen LogP contribution in [0.2, 0.25) is 0 Å². The molecule has 1 aromatic carbocycles. The van der Waals surface area contributed by atoms with E-state index in [4.69, 9.17) is 4.52 Å². The van der Waals surface area contributed by atoms with Gasteiger partial charge in [-0.15, -0.1) is 0 Å². The van der Waals surface area contributed by atoms with Gasteiger partial charge in [-0.1, -0.05) is 11.2 Å². The van der Waals surface area contributed by atoms with Crippen LogP contribution in [0.25, 0.3) is 11.0 Å². The van der Waals surface area contributed by atoms with Crippen molar-refractivity contribution in [2.75, 3.05) is 12.4 Å². The second-order valence-electron chi connectivity index (χ2n) is 5.48. The van der Waals surface area contributed by atoms with Crippen LogP contribution in [0.5, 0.6) is 0 Å². The summed E-state index contributed by atoms with van der Waals surface area (Å²) < 4.78 is 13.6. The largest absolute Gasteiger partial charge is 0.361 e. The summed E-state index contributed by atoms with van der Waals surface area (Å²) >= 11 is 1.13. The summed E-state index contributed by atoms with van der Waals surface area (Å²) in [7, 11) is 1.73. The summed E-state index contributed by atoms with van der Waals surface area (Å²) in [6.45, 7) is 6.07. The van der Waals surface area contributed by atoms with Crippen LogP contribution < -0.4 is 5.32 Å². The molecule has 0 unspecified atom stereocenters. The Bertz CT molecular complexity index is 851. The molecule has 0 saturated heterocycles. The van der Waals surface area contributed by atoms with E-state index in [1.807, 2.05) is 32.9 Å². The Kier molecular flexibility index (Phi) is 3.99. The molecule has 0 saturated carbocycles. The Labute approximate surface area is 137 Å². The fourth-order valence-electron chi connectivity index (χ4n) is 2.35. The summed E-state index contributed by atoms with van der Waals surface area (Å²) in [6, 6.07) is 3.61. The number of hydrogen-bond acceptors (Lipinski definition) is 6. The lowest BCUT2D eigenvalue weighted by Gasteiger charge is -2.18. The molecule has 0 bridgehead atoms. The minimum atomic E-state index is -0.214. The molecule has 23 heavy (non-hydrogen) atoms. The first-order valence-electron chi connectivity index (χ1n) is 7.13. The number of nitrogens with one attached hydrogen (secondary N) is 1. The maximum atomic E-state index is 12.5. The minimum Gasteiger partial charge on any atom is -0.361 e. The molecular formula is C15H17N5O2S.